The molecule has 0 amide bonds. The summed E-state index contributed by atoms with van der Waals surface area (Å²) in [6.45, 7) is 13.7. The van der Waals surface area contributed by atoms with Crippen molar-refractivity contribution < 1.29 is 9.90 Å². The largest absolute Gasteiger partial charge is 0.507 e. The number of anilines is 1. The van der Waals surface area contributed by atoms with Crippen molar-refractivity contribution in [3.63, 3.8) is 0 Å². The number of ketones is 1. The smallest absolute Gasteiger partial charge is 0.294 e. The number of hydrogen-bond acceptors (Lipinski definition) is 7. The number of aromatic hydroxyl groups is 1. The molecule has 0 unspecified atom stereocenters. The third kappa shape index (κ3) is 5.42. The number of fused-ring (bicyclic) bond motifs is 1. The molecular weight excluding hydrogens is 520 g/mol. The number of aromatic nitrogens is 3. The van der Waals surface area contributed by atoms with E-state index in [1.54, 1.807) is 12.1 Å². The van der Waals surface area contributed by atoms with Gasteiger partial charge in [0, 0.05) is 35.3 Å². The summed E-state index contributed by atoms with van der Waals surface area (Å²) in [5.41, 5.74) is 2.62. The van der Waals surface area contributed by atoms with Crippen LogP contribution in [-0.2, 0) is 17.4 Å². The van der Waals surface area contributed by atoms with Gasteiger partial charge in [-0.15, -0.1) is 0 Å². The maximum atomic E-state index is 13.8. The van der Waals surface area contributed by atoms with Gasteiger partial charge in [-0.05, 0) is 42.2 Å². The van der Waals surface area contributed by atoms with Crippen molar-refractivity contribution in [1.29, 1.82) is 0 Å². The van der Waals surface area contributed by atoms with Gasteiger partial charge in [0.1, 0.15) is 18.0 Å². The Bertz CT molecular complexity index is 1580. The minimum absolute atomic E-state index is 0.215. The Balaban J connectivity index is 1.62. The van der Waals surface area contributed by atoms with Crippen molar-refractivity contribution in [2.24, 2.45) is 0 Å². The number of Topliss-reactive ketones (excluding diaryl/α,β-unsaturated/α-hetero) is 1. The maximum Gasteiger partial charge on any atom is 0.294 e. The summed E-state index contributed by atoms with van der Waals surface area (Å²) in [4.78, 5) is 34.5. The van der Waals surface area contributed by atoms with Crippen LogP contribution < -0.4 is 10.5 Å². The topological polar surface area (TPSA) is 88.3 Å². The first kappa shape index (κ1) is 28.0. The van der Waals surface area contributed by atoms with Gasteiger partial charge in [0.05, 0.1) is 4.70 Å². The van der Waals surface area contributed by atoms with Crippen LogP contribution in [0.3, 0.4) is 0 Å². The second kappa shape index (κ2) is 10.5. The van der Waals surface area contributed by atoms with Gasteiger partial charge in [-0.25, -0.2) is 9.67 Å². The van der Waals surface area contributed by atoms with Crippen molar-refractivity contribution in [3.05, 3.63) is 69.5 Å². The van der Waals surface area contributed by atoms with Crippen LogP contribution in [0.1, 0.15) is 82.3 Å². The van der Waals surface area contributed by atoms with Gasteiger partial charge in [0.15, 0.2) is 16.4 Å². The number of carbonyl (C=O) groups is 1. The Hall–Kier alpha value is -3.52. The third-order valence-electron chi connectivity index (χ3n) is 7.50. The fourth-order valence-electron chi connectivity index (χ4n) is 5.23. The number of thiazole rings is 1. The molecular formula is C32H38N4O3S. The highest BCUT2D eigenvalue weighted by Gasteiger charge is 2.28. The molecule has 40 heavy (non-hydrogen) atoms. The molecule has 1 saturated heterocycles. The summed E-state index contributed by atoms with van der Waals surface area (Å²) in [6.07, 6.45) is 3.43. The number of phenolic OH excluding ortho intramolecular Hbond substituents is 1. The zero-order valence-electron chi connectivity index (χ0n) is 24.2. The molecule has 210 valence electrons. The molecule has 0 bridgehead atoms. The lowest BCUT2D eigenvalue weighted by Gasteiger charge is -2.28. The van der Waals surface area contributed by atoms with Gasteiger partial charge < -0.3 is 10.0 Å². The fraction of sp³-hybridized carbons (Fsp3) is 0.438. The zero-order chi connectivity index (χ0) is 28.8. The molecule has 1 fully saturated rings. The van der Waals surface area contributed by atoms with Gasteiger partial charge in [-0.1, -0.05) is 83.2 Å². The van der Waals surface area contributed by atoms with Crippen LogP contribution in [0.15, 0.2) is 47.3 Å². The highest BCUT2D eigenvalue weighted by Crippen LogP contribution is 2.40. The Morgan fingerprint density at radius 3 is 2.12 bits per heavy atom. The van der Waals surface area contributed by atoms with E-state index >= 15 is 0 Å². The highest BCUT2D eigenvalue weighted by atomic mass is 32.1. The van der Waals surface area contributed by atoms with Crippen molar-refractivity contribution in [2.45, 2.75) is 78.2 Å². The Kier molecular flexibility index (Phi) is 7.33. The minimum Gasteiger partial charge on any atom is -0.507 e. The second-order valence-electron chi connectivity index (χ2n) is 12.7. The summed E-state index contributed by atoms with van der Waals surface area (Å²) >= 11 is 1.50. The molecule has 3 heterocycles. The first-order valence-corrected chi connectivity index (χ1v) is 14.8. The standard InChI is InChI=1S/C32H38N4O3S/c1-31(2,3)22-17-21(18-23(27(22)38)32(4,5)6)24(37)19-36-29(39)26-28(25(34-36)20-13-9-7-10-14-20)40-30(33-26)35-15-11-8-12-16-35/h7,9-10,13-14,17-18,38H,8,11-12,15-16,19H2,1-6H3. The number of hydrogen-bond donors (Lipinski definition) is 1. The monoisotopic (exact) mass is 558 g/mol. The van der Waals surface area contributed by atoms with Crippen molar-refractivity contribution >= 4 is 32.5 Å². The average molecular weight is 559 g/mol. The lowest BCUT2D eigenvalue weighted by atomic mass is 9.78. The van der Waals surface area contributed by atoms with E-state index in [9.17, 15) is 14.7 Å². The highest BCUT2D eigenvalue weighted by molar-refractivity contribution is 7.22. The Morgan fingerprint density at radius 2 is 1.55 bits per heavy atom. The van der Waals surface area contributed by atoms with E-state index in [1.165, 1.54) is 22.4 Å². The fourth-order valence-corrected chi connectivity index (χ4v) is 6.34. The van der Waals surface area contributed by atoms with E-state index in [1.807, 2.05) is 71.9 Å². The minimum atomic E-state index is -0.375. The molecule has 7 nitrogen and oxygen atoms in total. The number of piperidine rings is 1. The van der Waals surface area contributed by atoms with Gasteiger partial charge in [0.2, 0.25) is 0 Å². The van der Waals surface area contributed by atoms with Crippen LogP contribution in [0.2, 0.25) is 0 Å². The maximum absolute atomic E-state index is 13.8. The van der Waals surface area contributed by atoms with E-state index < -0.39 is 0 Å². The number of nitrogens with zero attached hydrogens (tertiary/aromatic N) is 4. The summed E-state index contributed by atoms with van der Waals surface area (Å²) in [6, 6.07) is 13.3. The first-order chi connectivity index (χ1) is 18.8. The van der Waals surface area contributed by atoms with Crippen LogP contribution in [-0.4, -0.2) is 38.7 Å². The molecule has 8 heteroatoms. The molecule has 0 aliphatic carbocycles. The predicted molar refractivity (Wildman–Crippen MR) is 163 cm³/mol. The van der Waals surface area contributed by atoms with E-state index in [2.05, 4.69) is 4.90 Å². The molecule has 2 aromatic heterocycles. The molecule has 5 rings (SSSR count). The molecule has 1 N–H and O–H groups in total. The van der Waals surface area contributed by atoms with Crippen LogP contribution in [0.4, 0.5) is 5.13 Å². The quantitative estimate of drug-likeness (QED) is 0.275. The summed E-state index contributed by atoms with van der Waals surface area (Å²) in [5, 5.41) is 16.7. The molecule has 1 aliphatic rings. The van der Waals surface area contributed by atoms with Crippen molar-refractivity contribution in [3.8, 4) is 17.0 Å². The zero-order valence-corrected chi connectivity index (χ0v) is 25.1. The van der Waals surface area contributed by atoms with E-state index in [0.717, 1.165) is 41.3 Å². The second-order valence-corrected chi connectivity index (χ2v) is 13.7. The van der Waals surface area contributed by atoms with Gasteiger partial charge in [-0.3, -0.25) is 9.59 Å². The van der Waals surface area contributed by atoms with E-state index in [-0.39, 0.29) is 34.5 Å². The molecule has 0 radical (unpaired) electrons. The van der Waals surface area contributed by atoms with E-state index in [4.69, 9.17) is 10.1 Å². The average Bonchev–Trinajstić information content (AvgIpc) is 3.36. The molecule has 4 aromatic rings. The summed E-state index contributed by atoms with van der Waals surface area (Å²) < 4.78 is 2.00. The molecule has 1 aliphatic heterocycles. The van der Waals surface area contributed by atoms with Gasteiger partial charge in [-0.2, -0.15) is 5.10 Å². The normalized spacial score (nSPS) is 14.6. The van der Waals surface area contributed by atoms with Gasteiger partial charge in [0.25, 0.3) is 5.56 Å². The van der Waals surface area contributed by atoms with E-state index in [0.29, 0.717) is 27.9 Å². The SMILES string of the molecule is CC(C)(C)c1cc(C(=O)Cn2nc(-c3ccccc3)c3sc(N4CCCCC4)nc3c2=O)cc(C(C)(C)C)c1O. The number of benzene rings is 2. The first-order valence-electron chi connectivity index (χ1n) is 14.0. The Morgan fingerprint density at radius 1 is 0.950 bits per heavy atom. The van der Waals surface area contributed by atoms with Crippen LogP contribution in [0.5, 0.6) is 5.75 Å². The van der Waals surface area contributed by atoms with Crippen LogP contribution >= 0.6 is 11.3 Å². The predicted octanol–water partition coefficient (Wildman–Crippen LogP) is 6.69. The lowest BCUT2D eigenvalue weighted by Crippen LogP contribution is -2.29. The molecule has 0 saturated carbocycles. The number of carbonyl (C=O) groups excluding carboxylic acids is 1. The molecule has 0 atom stereocenters. The Labute approximate surface area is 239 Å². The molecule has 2 aromatic carbocycles. The van der Waals surface area contributed by atoms with Crippen molar-refractivity contribution in [1.82, 2.24) is 14.8 Å². The molecule has 0 spiro atoms. The summed E-state index contributed by atoms with van der Waals surface area (Å²) in [7, 11) is 0. The lowest BCUT2D eigenvalue weighted by molar-refractivity contribution is 0.0966. The number of phenols is 1. The van der Waals surface area contributed by atoms with Crippen molar-refractivity contribution in [2.75, 3.05) is 18.0 Å². The van der Waals surface area contributed by atoms with Crippen LogP contribution in [0.25, 0.3) is 21.5 Å². The van der Waals surface area contributed by atoms with Gasteiger partial charge >= 0.3 is 0 Å². The summed E-state index contributed by atoms with van der Waals surface area (Å²) in [5.74, 6) is -0.0252. The number of rotatable bonds is 5. The third-order valence-corrected chi connectivity index (χ3v) is 8.63. The van der Waals surface area contributed by atoms with Crippen LogP contribution in [0, 0.1) is 0 Å².